The summed E-state index contributed by atoms with van der Waals surface area (Å²) in [5.74, 6) is -0.180. The van der Waals surface area contributed by atoms with E-state index in [0.29, 0.717) is 11.5 Å². The lowest BCUT2D eigenvalue weighted by Crippen LogP contribution is -2.35. The van der Waals surface area contributed by atoms with Gasteiger partial charge in [0.15, 0.2) is 9.84 Å². The molecule has 0 aliphatic carbocycles. The van der Waals surface area contributed by atoms with E-state index in [2.05, 4.69) is 0 Å². The molecular formula is C15H16N2O7S2. The van der Waals surface area contributed by atoms with Crippen LogP contribution >= 0.6 is 0 Å². The zero-order chi connectivity index (χ0) is 19.4. The first-order valence-corrected chi connectivity index (χ1v) is 10.5. The maximum absolute atomic E-state index is 12.0. The van der Waals surface area contributed by atoms with Crippen molar-refractivity contribution < 1.29 is 31.6 Å². The molecule has 3 N–H and O–H groups in total. The Bertz CT molecular complexity index is 983. The molecule has 0 aromatic heterocycles. The highest BCUT2D eigenvalue weighted by Gasteiger charge is 2.15. The van der Waals surface area contributed by atoms with Crippen LogP contribution in [-0.4, -0.2) is 40.8 Å². The fourth-order valence-corrected chi connectivity index (χ4v) is 3.47. The van der Waals surface area contributed by atoms with Gasteiger partial charge in [0, 0.05) is 6.26 Å². The normalized spacial score (nSPS) is 11.8. The fourth-order valence-electron chi connectivity index (χ4n) is 1.86. The van der Waals surface area contributed by atoms with Gasteiger partial charge in [0.2, 0.25) is 10.0 Å². The summed E-state index contributed by atoms with van der Waals surface area (Å²) in [6, 6.07) is 11.1. The van der Waals surface area contributed by atoms with Crippen LogP contribution in [-0.2, 0) is 24.7 Å². The number of ether oxygens (including phenoxy) is 1. The molecule has 0 atom stereocenters. The largest absolute Gasteiger partial charge is 0.457 e. The molecular weight excluding hydrogens is 384 g/mol. The molecule has 1 amide bonds. The Balaban J connectivity index is 2.08. The molecule has 0 fully saturated rings. The summed E-state index contributed by atoms with van der Waals surface area (Å²) in [6.07, 6.45) is 1.10. The predicted molar refractivity (Wildman–Crippen MR) is 91.2 cm³/mol. The van der Waals surface area contributed by atoms with E-state index in [0.717, 1.165) is 6.26 Å². The Morgan fingerprint density at radius 3 is 1.81 bits per heavy atom. The van der Waals surface area contributed by atoms with Crippen molar-refractivity contribution in [2.75, 3.05) is 12.8 Å². The minimum absolute atomic E-state index is 0.0944. The first kappa shape index (κ1) is 19.8. The van der Waals surface area contributed by atoms with Crippen LogP contribution in [0.1, 0.15) is 0 Å². The molecule has 2 aromatic carbocycles. The minimum atomic E-state index is -3.92. The summed E-state index contributed by atoms with van der Waals surface area (Å²) in [5.41, 5.74) is 1.32. The summed E-state index contributed by atoms with van der Waals surface area (Å²) < 4.78 is 54.3. The maximum atomic E-state index is 12.0. The monoisotopic (exact) mass is 400 g/mol. The number of benzene rings is 2. The van der Waals surface area contributed by atoms with Crippen LogP contribution in [0.3, 0.4) is 0 Å². The van der Waals surface area contributed by atoms with Gasteiger partial charge in [0.05, 0.1) is 16.3 Å². The highest BCUT2D eigenvalue weighted by atomic mass is 32.2. The zero-order valence-electron chi connectivity index (χ0n) is 13.5. The van der Waals surface area contributed by atoms with Gasteiger partial charge in [-0.05, 0) is 48.5 Å². The second-order valence-electron chi connectivity index (χ2n) is 5.18. The summed E-state index contributed by atoms with van der Waals surface area (Å²) in [7, 11) is -7.22. The lowest BCUT2D eigenvalue weighted by atomic mass is 10.3. The van der Waals surface area contributed by atoms with Crippen molar-refractivity contribution in [2.24, 2.45) is 0 Å². The molecule has 2 aromatic rings. The van der Waals surface area contributed by atoms with Crippen molar-refractivity contribution >= 4 is 25.8 Å². The molecule has 0 heterocycles. The fraction of sp³-hybridized carbons (Fsp3) is 0.133. The number of carbonyl (C=O) groups is 1. The van der Waals surface area contributed by atoms with Crippen LogP contribution in [0.25, 0.3) is 0 Å². The predicted octanol–water partition coefficient (Wildman–Crippen LogP) is 0.666. The molecule has 140 valence electrons. The smallest absolute Gasteiger partial charge is 0.258 e. The first-order valence-electron chi connectivity index (χ1n) is 7.12. The van der Waals surface area contributed by atoms with Gasteiger partial charge in [-0.25, -0.2) is 27.0 Å². The lowest BCUT2D eigenvalue weighted by Gasteiger charge is -2.09. The Kier molecular flexibility index (Phi) is 5.97. The number of rotatable bonds is 7. The first-order chi connectivity index (χ1) is 12.1. The lowest BCUT2D eigenvalue weighted by molar-refractivity contribution is -0.127. The van der Waals surface area contributed by atoms with Gasteiger partial charge in [-0.3, -0.25) is 10.0 Å². The number of hydrogen-bond donors (Lipinski definition) is 3. The molecule has 0 aliphatic rings. The molecule has 0 radical (unpaired) electrons. The van der Waals surface area contributed by atoms with E-state index in [1.54, 1.807) is 0 Å². The topological polar surface area (TPSA) is 139 Å². The van der Waals surface area contributed by atoms with Crippen molar-refractivity contribution in [1.82, 2.24) is 10.2 Å². The number of hydrogen-bond acceptors (Lipinski definition) is 7. The van der Waals surface area contributed by atoms with Crippen LogP contribution in [0.2, 0.25) is 0 Å². The van der Waals surface area contributed by atoms with Crippen molar-refractivity contribution in [1.29, 1.82) is 0 Å². The molecule has 0 saturated carbocycles. The van der Waals surface area contributed by atoms with Crippen LogP contribution in [0, 0.1) is 0 Å². The van der Waals surface area contributed by atoms with E-state index in [-0.39, 0.29) is 9.79 Å². The SMILES string of the molecule is CS(=O)(=O)c1ccc(Oc2ccc(S(=O)(=O)NCC(=O)NO)cc2)cc1. The van der Waals surface area contributed by atoms with Crippen LogP contribution in [0.4, 0.5) is 0 Å². The molecule has 0 aliphatic heterocycles. The maximum Gasteiger partial charge on any atom is 0.258 e. The number of sulfone groups is 1. The van der Waals surface area contributed by atoms with Crippen molar-refractivity contribution in [3.05, 3.63) is 48.5 Å². The molecule has 2 rings (SSSR count). The van der Waals surface area contributed by atoms with Gasteiger partial charge in [0.1, 0.15) is 11.5 Å². The minimum Gasteiger partial charge on any atom is -0.457 e. The van der Waals surface area contributed by atoms with E-state index in [1.807, 2.05) is 4.72 Å². The second kappa shape index (κ2) is 7.83. The molecule has 26 heavy (non-hydrogen) atoms. The summed E-state index contributed by atoms with van der Waals surface area (Å²) in [6.45, 7) is -0.607. The van der Waals surface area contributed by atoms with Gasteiger partial charge in [-0.15, -0.1) is 0 Å². The van der Waals surface area contributed by atoms with Gasteiger partial charge in [-0.2, -0.15) is 0 Å². The number of sulfonamides is 1. The van der Waals surface area contributed by atoms with E-state index >= 15 is 0 Å². The molecule has 0 saturated heterocycles. The van der Waals surface area contributed by atoms with E-state index in [9.17, 15) is 21.6 Å². The number of hydroxylamine groups is 1. The quantitative estimate of drug-likeness (QED) is 0.458. The van der Waals surface area contributed by atoms with E-state index < -0.39 is 32.3 Å². The summed E-state index contributed by atoms with van der Waals surface area (Å²) >= 11 is 0. The number of carbonyl (C=O) groups excluding carboxylic acids is 1. The van der Waals surface area contributed by atoms with E-state index in [1.165, 1.54) is 54.0 Å². The van der Waals surface area contributed by atoms with Crippen molar-refractivity contribution in [2.45, 2.75) is 9.79 Å². The molecule has 0 unspecified atom stereocenters. The van der Waals surface area contributed by atoms with Gasteiger partial charge in [0.25, 0.3) is 5.91 Å². The van der Waals surface area contributed by atoms with Gasteiger partial charge in [-0.1, -0.05) is 0 Å². The standard InChI is InChI=1S/C15H16N2O7S2/c1-25(20,21)13-6-2-11(3-7-13)24-12-4-8-14(9-5-12)26(22,23)16-10-15(18)17-19/h2-9,16,19H,10H2,1H3,(H,17,18). The third kappa shape index (κ3) is 5.26. The van der Waals surface area contributed by atoms with Crippen molar-refractivity contribution in [3.63, 3.8) is 0 Å². The molecule has 0 bridgehead atoms. The molecule has 11 heteroatoms. The average Bonchev–Trinajstić information content (AvgIpc) is 2.60. The van der Waals surface area contributed by atoms with Crippen LogP contribution in [0.5, 0.6) is 11.5 Å². The number of amides is 1. The third-order valence-corrected chi connectivity index (χ3v) is 5.71. The van der Waals surface area contributed by atoms with Crippen LogP contribution < -0.4 is 14.9 Å². The average molecular weight is 400 g/mol. The van der Waals surface area contributed by atoms with Crippen LogP contribution in [0.15, 0.2) is 58.3 Å². The second-order valence-corrected chi connectivity index (χ2v) is 8.96. The Labute approximate surface area is 150 Å². The van der Waals surface area contributed by atoms with Gasteiger partial charge < -0.3 is 4.74 Å². The highest BCUT2D eigenvalue weighted by molar-refractivity contribution is 7.90. The zero-order valence-corrected chi connectivity index (χ0v) is 15.2. The Morgan fingerprint density at radius 1 is 0.923 bits per heavy atom. The Hall–Kier alpha value is -2.47. The third-order valence-electron chi connectivity index (χ3n) is 3.17. The number of nitrogens with one attached hydrogen (secondary N) is 2. The van der Waals surface area contributed by atoms with Crippen molar-refractivity contribution in [3.8, 4) is 11.5 Å². The molecule has 0 spiro atoms. The summed E-state index contributed by atoms with van der Waals surface area (Å²) in [4.78, 5) is 10.9. The van der Waals surface area contributed by atoms with Gasteiger partial charge >= 0.3 is 0 Å². The summed E-state index contributed by atoms with van der Waals surface area (Å²) in [5, 5.41) is 8.36. The molecule has 9 nitrogen and oxygen atoms in total. The highest BCUT2D eigenvalue weighted by Crippen LogP contribution is 2.24. The van der Waals surface area contributed by atoms with E-state index in [4.69, 9.17) is 9.94 Å². The Morgan fingerprint density at radius 2 is 1.38 bits per heavy atom.